The number of hydrogen-bond donors (Lipinski definition) is 1. The lowest BCUT2D eigenvalue weighted by molar-refractivity contribution is 0.475. The highest BCUT2D eigenvalue weighted by molar-refractivity contribution is 6.25. The molecule has 0 aliphatic heterocycles. The van der Waals surface area contributed by atoms with Gasteiger partial charge in [0.25, 0.3) is 0 Å². The van der Waals surface area contributed by atoms with E-state index in [1.54, 1.807) is 24.3 Å². The van der Waals surface area contributed by atoms with Crippen molar-refractivity contribution in [2.45, 2.75) is 0 Å². The average molecular weight is 157 g/mol. The van der Waals surface area contributed by atoms with Crippen LogP contribution in [0.15, 0.2) is 42.4 Å². The van der Waals surface area contributed by atoms with Gasteiger partial charge in [0.05, 0.1) is 0 Å². The van der Waals surface area contributed by atoms with Gasteiger partial charge in [0.1, 0.15) is 5.75 Å². The number of phenolic OH excluding ortho intramolecular Hbond substituents is 1. The molecule has 54 valence electrons. The van der Waals surface area contributed by atoms with E-state index in [1.807, 2.05) is 6.07 Å². The standard InChI is InChI=1S/C6H6O.C2H3Cl/c7-6-4-2-1-3-5-6;1-2-3/h1-5,7H;2H,1H2. The number of hydrogen-bond acceptors (Lipinski definition) is 1. The Morgan fingerprint density at radius 3 is 1.90 bits per heavy atom. The van der Waals surface area contributed by atoms with Gasteiger partial charge >= 0.3 is 0 Å². The van der Waals surface area contributed by atoms with Crippen molar-refractivity contribution >= 4 is 11.6 Å². The van der Waals surface area contributed by atoms with Gasteiger partial charge in [-0.2, -0.15) is 0 Å². The van der Waals surface area contributed by atoms with E-state index >= 15 is 0 Å². The van der Waals surface area contributed by atoms with Gasteiger partial charge in [-0.1, -0.05) is 36.4 Å². The van der Waals surface area contributed by atoms with Crippen LogP contribution in [0.25, 0.3) is 0 Å². The Labute approximate surface area is 65.6 Å². The van der Waals surface area contributed by atoms with Crippen LogP contribution in [0.5, 0.6) is 5.75 Å². The van der Waals surface area contributed by atoms with Crippen molar-refractivity contribution in [3.05, 3.63) is 42.4 Å². The summed E-state index contributed by atoms with van der Waals surface area (Å²) in [5.74, 6) is 0.322. The highest BCUT2D eigenvalue weighted by atomic mass is 35.5. The molecule has 0 aliphatic carbocycles. The summed E-state index contributed by atoms with van der Waals surface area (Å²) in [7, 11) is 0. The third-order valence-corrected chi connectivity index (χ3v) is 0.756. The van der Waals surface area contributed by atoms with Crippen molar-refractivity contribution in [2.75, 3.05) is 0 Å². The first kappa shape index (κ1) is 9.05. The lowest BCUT2D eigenvalue weighted by Crippen LogP contribution is -1.56. The zero-order chi connectivity index (χ0) is 7.82. The van der Waals surface area contributed by atoms with Gasteiger partial charge in [-0.3, -0.25) is 0 Å². The molecule has 0 heterocycles. The number of para-hydroxylation sites is 1. The smallest absolute Gasteiger partial charge is 0.115 e. The monoisotopic (exact) mass is 156 g/mol. The predicted octanol–water partition coefficient (Wildman–Crippen LogP) is 2.76. The highest BCUT2D eigenvalue weighted by Crippen LogP contribution is 2.02. The van der Waals surface area contributed by atoms with Gasteiger partial charge < -0.3 is 5.11 Å². The van der Waals surface area contributed by atoms with Crippen LogP contribution < -0.4 is 0 Å². The van der Waals surface area contributed by atoms with Gasteiger partial charge in [0.2, 0.25) is 0 Å². The first-order chi connectivity index (χ1) is 4.81. The quantitative estimate of drug-likeness (QED) is 0.613. The summed E-state index contributed by atoms with van der Waals surface area (Å²) in [5.41, 5.74) is 1.22. The van der Waals surface area contributed by atoms with E-state index in [1.165, 1.54) is 5.54 Å². The topological polar surface area (TPSA) is 20.2 Å². The van der Waals surface area contributed by atoms with Crippen LogP contribution in [0.3, 0.4) is 0 Å². The second-order valence-electron chi connectivity index (χ2n) is 1.49. The number of benzene rings is 1. The predicted molar refractivity (Wildman–Crippen MR) is 44.2 cm³/mol. The van der Waals surface area contributed by atoms with Crippen LogP contribution >= 0.6 is 11.6 Å². The maximum atomic E-state index is 8.63. The fourth-order valence-corrected chi connectivity index (χ4v) is 0.428. The summed E-state index contributed by atoms with van der Waals surface area (Å²) in [6.45, 7) is 3.13. The first-order valence-corrected chi connectivity index (χ1v) is 3.20. The average Bonchev–Trinajstić information content (AvgIpc) is 1.91. The largest absolute Gasteiger partial charge is 0.508 e. The second-order valence-corrected chi connectivity index (χ2v) is 1.80. The molecule has 0 aliphatic rings. The molecule has 0 radical (unpaired) electrons. The minimum Gasteiger partial charge on any atom is -0.508 e. The molecule has 10 heavy (non-hydrogen) atoms. The first-order valence-electron chi connectivity index (χ1n) is 2.76. The maximum absolute atomic E-state index is 8.63. The van der Waals surface area contributed by atoms with Crippen molar-refractivity contribution in [3.63, 3.8) is 0 Å². The molecule has 1 nitrogen and oxygen atoms in total. The van der Waals surface area contributed by atoms with E-state index in [-0.39, 0.29) is 0 Å². The van der Waals surface area contributed by atoms with Gasteiger partial charge in [0.15, 0.2) is 0 Å². The number of phenols is 1. The molecule has 1 rings (SSSR count). The minimum atomic E-state index is 0.322. The Bertz CT molecular complexity index is 172. The fraction of sp³-hybridized carbons (Fsp3) is 0. The van der Waals surface area contributed by atoms with Crippen molar-refractivity contribution in [2.24, 2.45) is 0 Å². The molecule has 1 N–H and O–H groups in total. The van der Waals surface area contributed by atoms with Crippen LogP contribution in [-0.2, 0) is 0 Å². The molecule has 0 bridgehead atoms. The van der Waals surface area contributed by atoms with Gasteiger partial charge in [-0.25, -0.2) is 0 Å². The van der Waals surface area contributed by atoms with Crippen LogP contribution in [0.2, 0.25) is 0 Å². The third kappa shape index (κ3) is 5.19. The normalized spacial score (nSPS) is 7.30. The van der Waals surface area contributed by atoms with Crippen LogP contribution in [0.1, 0.15) is 0 Å². The van der Waals surface area contributed by atoms with Crippen molar-refractivity contribution in [1.82, 2.24) is 0 Å². The van der Waals surface area contributed by atoms with Crippen LogP contribution in [-0.4, -0.2) is 5.11 Å². The number of aromatic hydroxyl groups is 1. The molecule has 0 spiro atoms. The molecule has 0 amide bonds. The second kappa shape index (κ2) is 6.17. The Morgan fingerprint density at radius 1 is 1.30 bits per heavy atom. The molecular formula is C8H9ClO. The number of rotatable bonds is 0. The molecule has 0 aromatic heterocycles. The molecule has 1 aromatic rings. The van der Waals surface area contributed by atoms with E-state index in [9.17, 15) is 0 Å². The van der Waals surface area contributed by atoms with Gasteiger partial charge in [-0.05, 0) is 17.7 Å². The van der Waals surface area contributed by atoms with Gasteiger partial charge in [0, 0.05) is 0 Å². The van der Waals surface area contributed by atoms with E-state index in [4.69, 9.17) is 16.7 Å². The third-order valence-electron chi connectivity index (χ3n) is 0.756. The van der Waals surface area contributed by atoms with Crippen molar-refractivity contribution in [3.8, 4) is 5.75 Å². The summed E-state index contributed by atoms with van der Waals surface area (Å²) in [6, 6.07) is 8.71. The van der Waals surface area contributed by atoms with E-state index in [2.05, 4.69) is 6.58 Å². The van der Waals surface area contributed by atoms with Crippen molar-refractivity contribution in [1.29, 1.82) is 0 Å². The SMILES string of the molecule is C=CCl.Oc1ccccc1. The molecule has 0 saturated heterocycles. The maximum Gasteiger partial charge on any atom is 0.115 e. The molecule has 0 saturated carbocycles. The Balaban J connectivity index is 0.000000236. The highest BCUT2D eigenvalue weighted by Gasteiger charge is 1.74. The van der Waals surface area contributed by atoms with Crippen LogP contribution in [0.4, 0.5) is 0 Å². The summed E-state index contributed by atoms with van der Waals surface area (Å²) < 4.78 is 0. The minimum absolute atomic E-state index is 0.322. The van der Waals surface area contributed by atoms with E-state index in [0.29, 0.717) is 5.75 Å². The zero-order valence-corrected chi connectivity index (χ0v) is 6.25. The van der Waals surface area contributed by atoms with E-state index in [0.717, 1.165) is 0 Å². The summed E-state index contributed by atoms with van der Waals surface area (Å²) >= 11 is 4.76. The summed E-state index contributed by atoms with van der Waals surface area (Å²) in [5, 5.41) is 8.63. The lowest BCUT2D eigenvalue weighted by atomic mass is 10.3. The number of halogens is 1. The molecular weight excluding hydrogens is 148 g/mol. The van der Waals surface area contributed by atoms with Crippen LogP contribution in [0, 0.1) is 0 Å². The lowest BCUT2D eigenvalue weighted by Gasteiger charge is -1.82. The Hall–Kier alpha value is -0.950. The molecule has 0 fully saturated rings. The Morgan fingerprint density at radius 2 is 1.70 bits per heavy atom. The summed E-state index contributed by atoms with van der Waals surface area (Å²) in [6.07, 6.45) is 0. The Kier molecular flexibility index (Phi) is 5.59. The molecule has 0 unspecified atom stereocenters. The van der Waals surface area contributed by atoms with Crippen molar-refractivity contribution < 1.29 is 5.11 Å². The summed E-state index contributed by atoms with van der Waals surface area (Å²) in [4.78, 5) is 0. The molecule has 1 aromatic carbocycles. The zero-order valence-electron chi connectivity index (χ0n) is 5.50. The molecule has 0 atom stereocenters. The molecule has 2 heteroatoms. The fourth-order valence-electron chi connectivity index (χ4n) is 0.428. The van der Waals surface area contributed by atoms with Gasteiger partial charge in [-0.15, -0.1) is 0 Å². The van der Waals surface area contributed by atoms with E-state index < -0.39 is 0 Å².